The molecule has 0 unspecified atom stereocenters. The number of thiocarbonyl (C=S) groups is 1. The summed E-state index contributed by atoms with van der Waals surface area (Å²) in [7, 11) is 1.83. The number of carbonyl (C=O) groups excluding carboxylic acids is 1. The number of nitrogens with zero attached hydrogens (tertiary/aromatic N) is 3. The molecule has 0 N–H and O–H groups in total. The maximum absolute atomic E-state index is 11.8. The van der Waals surface area contributed by atoms with E-state index in [9.17, 15) is 4.79 Å². The van der Waals surface area contributed by atoms with Crippen molar-refractivity contribution in [3.63, 3.8) is 0 Å². The van der Waals surface area contributed by atoms with Crippen LogP contribution in [0.15, 0.2) is 42.5 Å². The minimum Gasteiger partial charge on any atom is -0.339 e. The third-order valence-corrected chi connectivity index (χ3v) is 4.89. The lowest BCUT2D eigenvalue weighted by molar-refractivity contribution is -0.108. The van der Waals surface area contributed by atoms with Gasteiger partial charge in [-0.05, 0) is 30.5 Å². The van der Waals surface area contributed by atoms with E-state index in [1.54, 1.807) is 9.42 Å². The lowest BCUT2D eigenvalue weighted by Crippen LogP contribution is -2.34. The van der Waals surface area contributed by atoms with Gasteiger partial charge in [0.05, 0.1) is 15.9 Å². The number of fused-ring (bicyclic) bond motifs is 3. The van der Waals surface area contributed by atoms with Gasteiger partial charge in [-0.1, -0.05) is 49.5 Å². The van der Waals surface area contributed by atoms with Crippen molar-refractivity contribution >= 4 is 62.8 Å². The Labute approximate surface area is 151 Å². The molecular formula is C18H19N3OS2. The molecule has 0 bridgehead atoms. The summed E-state index contributed by atoms with van der Waals surface area (Å²) in [6, 6.07) is 14.5. The summed E-state index contributed by atoms with van der Waals surface area (Å²) in [6.07, 6.45) is 1.85. The van der Waals surface area contributed by atoms with Crippen molar-refractivity contribution in [2.24, 2.45) is 0 Å². The minimum atomic E-state index is 0.828. The zero-order chi connectivity index (χ0) is 17.1. The van der Waals surface area contributed by atoms with E-state index in [0.717, 1.165) is 36.0 Å². The van der Waals surface area contributed by atoms with E-state index in [4.69, 9.17) is 12.2 Å². The van der Waals surface area contributed by atoms with Crippen LogP contribution in [0.5, 0.6) is 0 Å². The normalized spacial score (nSPS) is 11.3. The number of hydrogen-bond acceptors (Lipinski definition) is 4. The van der Waals surface area contributed by atoms with Crippen LogP contribution in [0.25, 0.3) is 21.8 Å². The Morgan fingerprint density at radius 1 is 1.17 bits per heavy atom. The first-order valence-corrected chi connectivity index (χ1v) is 9.12. The molecule has 4 nitrogen and oxygen atoms in total. The molecule has 3 aromatic rings. The molecule has 0 spiro atoms. The summed E-state index contributed by atoms with van der Waals surface area (Å²) >= 11 is 6.21. The number of para-hydroxylation sites is 2. The molecule has 2 aromatic carbocycles. The van der Waals surface area contributed by atoms with Crippen LogP contribution in [0.4, 0.5) is 5.69 Å². The van der Waals surface area contributed by atoms with Crippen LogP contribution < -0.4 is 5.01 Å². The molecule has 0 fully saturated rings. The number of rotatable bonds is 7. The molecule has 1 heterocycles. The maximum atomic E-state index is 11.8. The molecule has 0 saturated carbocycles. The van der Waals surface area contributed by atoms with E-state index in [1.807, 2.05) is 19.2 Å². The molecule has 124 valence electrons. The largest absolute Gasteiger partial charge is 0.339 e. The van der Waals surface area contributed by atoms with E-state index in [-0.39, 0.29) is 0 Å². The predicted octanol–water partition coefficient (Wildman–Crippen LogP) is 4.62. The van der Waals surface area contributed by atoms with Crippen molar-refractivity contribution in [2.75, 3.05) is 12.1 Å². The number of amides is 1. The molecular weight excluding hydrogens is 338 g/mol. The standard InChI is InChI=1S/C18H19N3OS2/c1-3-11-20-16-9-5-4-7-14(16)15-8-6-10-17(18(15)20)21(12-22)19(2)24-13-23/h4-10,12-13H,3,11H2,1-2H3. The van der Waals surface area contributed by atoms with Gasteiger partial charge < -0.3 is 4.57 Å². The molecule has 0 atom stereocenters. The van der Waals surface area contributed by atoms with Crippen LogP contribution in [0.1, 0.15) is 13.3 Å². The number of aryl methyl sites for hydroxylation is 1. The molecule has 0 saturated heterocycles. The molecule has 3 rings (SSSR count). The van der Waals surface area contributed by atoms with Gasteiger partial charge >= 0.3 is 0 Å². The van der Waals surface area contributed by atoms with Gasteiger partial charge in [-0.25, -0.2) is 5.01 Å². The average molecular weight is 358 g/mol. The third-order valence-electron chi connectivity index (χ3n) is 4.06. The van der Waals surface area contributed by atoms with Gasteiger partial charge in [-0.15, -0.1) is 0 Å². The Hall–Kier alpha value is -1.89. The van der Waals surface area contributed by atoms with Crippen molar-refractivity contribution in [2.45, 2.75) is 19.9 Å². The fourth-order valence-electron chi connectivity index (χ4n) is 3.12. The van der Waals surface area contributed by atoms with Crippen LogP contribution in [0, 0.1) is 0 Å². The molecule has 0 aliphatic carbocycles. The van der Waals surface area contributed by atoms with Crippen LogP contribution in [0.2, 0.25) is 0 Å². The smallest absolute Gasteiger partial charge is 0.229 e. The Kier molecular flexibility index (Phi) is 5.18. The molecule has 6 heteroatoms. The summed E-state index contributed by atoms with van der Waals surface area (Å²) in [5.74, 6) is 0. The van der Waals surface area contributed by atoms with E-state index < -0.39 is 0 Å². The van der Waals surface area contributed by atoms with Crippen molar-refractivity contribution in [1.29, 1.82) is 0 Å². The van der Waals surface area contributed by atoms with Crippen LogP contribution in [0.3, 0.4) is 0 Å². The van der Waals surface area contributed by atoms with Crippen LogP contribution >= 0.6 is 24.2 Å². The first kappa shape index (κ1) is 17.0. The number of hydrazine groups is 1. The Bertz CT molecular complexity index is 890. The highest BCUT2D eigenvalue weighted by Crippen LogP contribution is 2.36. The topological polar surface area (TPSA) is 28.5 Å². The lowest BCUT2D eigenvalue weighted by atomic mass is 10.1. The lowest BCUT2D eigenvalue weighted by Gasteiger charge is -2.26. The molecule has 0 radical (unpaired) electrons. The van der Waals surface area contributed by atoms with Crippen molar-refractivity contribution in [3.05, 3.63) is 42.5 Å². The summed E-state index contributed by atoms with van der Waals surface area (Å²) < 4.78 is 5.58. The Morgan fingerprint density at radius 2 is 1.92 bits per heavy atom. The third kappa shape index (κ3) is 2.81. The van der Waals surface area contributed by atoms with Gasteiger partial charge in [0.25, 0.3) is 0 Å². The summed E-state index contributed by atoms with van der Waals surface area (Å²) in [6.45, 7) is 3.06. The van der Waals surface area contributed by atoms with E-state index >= 15 is 0 Å². The second kappa shape index (κ2) is 7.34. The molecule has 24 heavy (non-hydrogen) atoms. The number of anilines is 1. The van der Waals surface area contributed by atoms with Crippen molar-refractivity contribution < 1.29 is 4.79 Å². The van der Waals surface area contributed by atoms with Crippen molar-refractivity contribution in [3.8, 4) is 0 Å². The Morgan fingerprint density at radius 3 is 2.62 bits per heavy atom. The first-order chi connectivity index (χ1) is 11.7. The molecule has 0 aliphatic rings. The van der Waals surface area contributed by atoms with Gasteiger partial charge in [0.1, 0.15) is 0 Å². The van der Waals surface area contributed by atoms with E-state index in [1.165, 1.54) is 27.6 Å². The summed E-state index contributed by atoms with van der Waals surface area (Å²) in [5, 5.41) is 3.96. The zero-order valence-electron chi connectivity index (χ0n) is 13.7. The first-order valence-electron chi connectivity index (χ1n) is 7.81. The maximum Gasteiger partial charge on any atom is 0.229 e. The Balaban J connectivity index is 2.32. The highest BCUT2D eigenvalue weighted by molar-refractivity contribution is 8.19. The van der Waals surface area contributed by atoms with Gasteiger partial charge in [0, 0.05) is 29.9 Å². The molecule has 1 amide bonds. The van der Waals surface area contributed by atoms with Gasteiger partial charge in [0.2, 0.25) is 6.41 Å². The van der Waals surface area contributed by atoms with Gasteiger partial charge in [0.15, 0.2) is 0 Å². The van der Waals surface area contributed by atoms with Crippen LogP contribution in [-0.2, 0) is 11.3 Å². The van der Waals surface area contributed by atoms with Gasteiger partial charge in [-0.2, -0.15) is 4.41 Å². The van der Waals surface area contributed by atoms with E-state index in [2.05, 4.69) is 41.8 Å². The fourth-order valence-corrected chi connectivity index (χ4v) is 3.84. The molecule has 1 aromatic heterocycles. The quantitative estimate of drug-likeness (QED) is 0.267. The number of hydrogen-bond donors (Lipinski definition) is 0. The van der Waals surface area contributed by atoms with Crippen molar-refractivity contribution in [1.82, 2.24) is 8.98 Å². The number of benzene rings is 2. The average Bonchev–Trinajstić information content (AvgIpc) is 2.92. The highest BCUT2D eigenvalue weighted by atomic mass is 32.2. The predicted molar refractivity (Wildman–Crippen MR) is 107 cm³/mol. The number of aromatic nitrogens is 1. The molecule has 0 aliphatic heterocycles. The zero-order valence-corrected chi connectivity index (χ0v) is 15.3. The second-order valence-corrected chi connectivity index (χ2v) is 6.97. The SMILES string of the molecule is CCCn1c2ccccc2c2cccc(N(C=O)N(C)SC=S)c21. The second-order valence-electron chi connectivity index (χ2n) is 5.46. The summed E-state index contributed by atoms with van der Waals surface area (Å²) in [5.41, 5.74) is 3.13. The number of carbonyl (C=O) groups is 1. The van der Waals surface area contributed by atoms with E-state index in [0.29, 0.717) is 0 Å². The minimum absolute atomic E-state index is 0.828. The summed E-state index contributed by atoms with van der Waals surface area (Å²) in [4.78, 5) is 11.8. The fraction of sp³-hybridized carbons (Fsp3) is 0.222. The monoisotopic (exact) mass is 357 g/mol. The van der Waals surface area contributed by atoms with Gasteiger partial charge in [-0.3, -0.25) is 4.79 Å². The van der Waals surface area contributed by atoms with Crippen LogP contribution in [-0.4, -0.2) is 27.1 Å². The highest BCUT2D eigenvalue weighted by Gasteiger charge is 2.19.